The largest absolute Gasteiger partial charge is 0.497 e. The Hall–Kier alpha value is -3.56. The van der Waals surface area contributed by atoms with Gasteiger partial charge in [0.15, 0.2) is 10.3 Å². The normalized spacial score (nSPS) is 10.6. The molecule has 32 heavy (non-hydrogen) atoms. The standard InChI is InChI=1S/C23H20N4O3S2/c1-13-4-6-15(7-5-13)20(28)26-22-25-18(12-31-22)19-14(2)24-23(32-19)27-21(29)16-8-10-17(30-3)11-9-16/h4-12H,1-3H3,(H,24,27,29)(H,25,26,28). The van der Waals surface area contributed by atoms with Crippen molar-refractivity contribution < 1.29 is 14.3 Å². The van der Waals surface area contributed by atoms with Gasteiger partial charge in [0.1, 0.15) is 5.75 Å². The number of hydrogen-bond acceptors (Lipinski definition) is 7. The Labute approximate surface area is 193 Å². The number of amides is 2. The van der Waals surface area contributed by atoms with E-state index in [1.807, 2.05) is 31.4 Å². The van der Waals surface area contributed by atoms with Crippen molar-refractivity contribution in [2.45, 2.75) is 13.8 Å². The number of aromatic nitrogens is 2. The summed E-state index contributed by atoms with van der Waals surface area (Å²) in [5, 5.41) is 8.50. The number of hydrogen-bond donors (Lipinski definition) is 2. The molecule has 162 valence electrons. The molecule has 0 aliphatic carbocycles. The van der Waals surface area contributed by atoms with Gasteiger partial charge >= 0.3 is 0 Å². The van der Waals surface area contributed by atoms with Gasteiger partial charge in [-0.1, -0.05) is 29.0 Å². The summed E-state index contributed by atoms with van der Waals surface area (Å²) in [6, 6.07) is 14.2. The van der Waals surface area contributed by atoms with Crippen LogP contribution in [0.15, 0.2) is 53.9 Å². The maximum atomic E-state index is 12.5. The van der Waals surface area contributed by atoms with E-state index in [-0.39, 0.29) is 11.8 Å². The highest BCUT2D eigenvalue weighted by Crippen LogP contribution is 2.34. The lowest BCUT2D eigenvalue weighted by Gasteiger charge is -2.03. The lowest BCUT2D eigenvalue weighted by atomic mass is 10.1. The fourth-order valence-electron chi connectivity index (χ4n) is 2.91. The molecule has 0 unspecified atom stereocenters. The Kier molecular flexibility index (Phi) is 6.29. The molecule has 2 aromatic carbocycles. The van der Waals surface area contributed by atoms with Crippen LogP contribution < -0.4 is 15.4 Å². The topological polar surface area (TPSA) is 93.2 Å². The van der Waals surface area contributed by atoms with Gasteiger partial charge in [-0.15, -0.1) is 11.3 Å². The SMILES string of the molecule is COc1ccc(C(=O)Nc2nc(C)c(-c3csc(NC(=O)c4ccc(C)cc4)n3)s2)cc1. The smallest absolute Gasteiger partial charge is 0.257 e. The van der Waals surface area contributed by atoms with E-state index in [1.54, 1.807) is 43.5 Å². The van der Waals surface area contributed by atoms with Gasteiger partial charge in [0, 0.05) is 16.5 Å². The molecule has 0 fully saturated rings. The molecule has 0 atom stereocenters. The monoisotopic (exact) mass is 464 g/mol. The van der Waals surface area contributed by atoms with Crippen LogP contribution in [0.5, 0.6) is 5.75 Å². The van der Waals surface area contributed by atoms with Crippen molar-refractivity contribution in [2.24, 2.45) is 0 Å². The zero-order valence-electron chi connectivity index (χ0n) is 17.6. The van der Waals surface area contributed by atoms with Gasteiger partial charge < -0.3 is 4.74 Å². The number of methoxy groups -OCH3 is 1. The summed E-state index contributed by atoms with van der Waals surface area (Å²) in [4.78, 5) is 34.7. The fraction of sp³-hybridized carbons (Fsp3) is 0.130. The summed E-state index contributed by atoms with van der Waals surface area (Å²) < 4.78 is 5.12. The van der Waals surface area contributed by atoms with Crippen LogP contribution in [0.2, 0.25) is 0 Å². The zero-order chi connectivity index (χ0) is 22.7. The third-order valence-electron chi connectivity index (χ3n) is 4.64. The lowest BCUT2D eigenvalue weighted by Crippen LogP contribution is -2.11. The first kappa shape index (κ1) is 21.7. The van der Waals surface area contributed by atoms with Gasteiger partial charge in [-0.2, -0.15) is 0 Å². The van der Waals surface area contributed by atoms with E-state index < -0.39 is 0 Å². The van der Waals surface area contributed by atoms with E-state index in [4.69, 9.17) is 4.74 Å². The van der Waals surface area contributed by atoms with E-state index in [0.717, 1.165) is 16.1 Å². The van der Waals surface area contributed by atoms with Crippen LogP contribution in [0.25, 0.3) is 10.6 Å². The number of thiazole rings is 2. The number of nitrogens with one attached hydrogen (secondary N) is 2. The molecular formula is C23H20N4O3S2. The van der Waals surface area contributed by atoms with Gasteiger partial charge in [0.2, 0.25) is 0 Å². The summed E-state index contributed by atoms with van der Waals surface area (Å²) in [6.45, 7) is 3.83. The maximum Gasteiger partial charge on any atom is 0.257 e. The Morgan fingerprint density at radius 3 is 2.06 bits per heavy atom. The maximum absolute atomic E-state index is 12.5. The van der Waals surface area contributed by atoms with E-state index in [2.05, 4.69) is 20.6 Å². The number of aryl methyl sites for hydroxylation is 2. The second-order valence-electron chi connectivity index (χ2n) is 6.97. The van der Waals surface area contributed by atoms with Gasteiger partial charge in [-0.05, 0) is 50.2 Å². The zero-order valence-corrected chi connectivity index (χ0v) is 19.3. The van der Waals surface area contributed by atoms with Crippen molar-refractivity contribution in [3.8, 4) is 16.3 Å². The third-order valence-corrected chi connectivity index (χ3v) is 6.49. The molecule has 2 aromatic heterocycles. The highest BCUT2D eigenvalue weighted by atomic mass is 32.1. The first-order valence-corrected chi connectivity index (χ1v) is 11.4. The van der Waals surface area contributed by atoms with Crippen LogP contribution in [-0.2, 0) is 0 Å². The Morgan fingerprint density at radius 1 is 0.844 bits per heavy atom. The minimum absolute atomic E-state index is 0.209. The van der Waals surface area contributed by atoms with Gasteiger partial charge in [-0.25, -0.2) is 9.97 Å². The van der Waals surface area contributed by atoms with E-state index in [9.17, 15) is 9.59 Å². The van der Waals surface area contributed by atoms with Gasteiger partial charge in [-0.3, -0.25) is 20.2 Å². The second-order valence-corrected chi connectivity index (χ2v) is 8.83. The van der Waals surface area contributed by atoms with Crippen LogP contribution in [-0.4, -0.2) is 28.9 Å². The minimum atomic E-state index is -0.253. The molecule has 4 aromatic rings. The molecule has 9 heteroatoms. The van der Waals surface area contributed by atoms with E-state index in [0.29, 0.717) is 32.8 Å². The summed E-state index contributed by atoms with van der Waals surface area (Å²) >= 11 is 2.68. The first-order valence-electron chi connectivity index (χ1n) is 9.69. The molecule has 2 amide bonds. The summed E-state index contributed by atoms with van der Waals surface area (Å²) in [7, 11) is 1.58. The molecule has 2 N–H and O–H groups in total. The van der Waals surface area contributed by atoms with Crippen molar-refractivity contribution >= 4 is 44.8 Å². The fourth-order valence-corrected chi connectivity index (χ4v) is 4.60. The molecule has 0 bridgehead atoms. The number of benzene rings is 2. The average molecular weight is 465 g/mol. The molecule has 0 saturated heterocycles. The molecule has 0 spiro atoms. The highest BCUT2D eigenvalue weighted by Gasteiger charge is 2.16. The molecule has 0 aliphatic heterocycles. The summed E-state index contributed by atoms with van der Waals surface area (Å²) in [5.41, 5.74) is 3.63. The molecule has 2 heterocycles. The van der Waals surface area contributed by atoms with E-state index >= 15 is 0 Å². The second kappa shape index (κ2) is 9.29. The Balaban J connectivity index is 1.45. The van der Waals surface area contributed by atoms with E-state index in [1.165, 1.54) is 22.7 Å². The lowest BCUT2D eigenvalue weighted by molar-refractivity contribution is 0.101. The van der Waals surface area contributed by atoms with Gasteiger partial charge in [0.05, 0.1) is 23.4 Å². The summed E-state index contributed by atoms with van der Waals surface area (Å²) in [5.74, 6) is 0.222. The van der Waals surface area contributed by atoms with Crippen molar-refractivity contribution in [1.82, 2.24) is 9.97 Å². The minimum Gasteiger partial charge on any atom is -0.497 e. The van der Waals surface area contributed by atoms with Crippen LogP contribution >= 0.6 is 22.7 Å². The number of ether oxygens (including phenoxy) is 1. The van der Waals surface area contributed by atoms with Crippen molar-refractivity contribution in [3.63, 3.8) is 0 Å². The number of rotatable bonds is 6. The van der Waals surface area contributed by atoms with Crippen molar-refractivity contribution in [1.29, 1.82) is 0 Å². The molecule has 0 saturated carbocycles. The predicted molar refractivity (Wildman–Crippen MR) is 128 cm³/mol. The van der Waals surface area contributed by atoms with Crippen molar-refractivity contribution in [3.05, 3.63) is 76.3 Å². The molecule has 7 nitrogen and oxygen atoms in total. The quantitative estimate of drug-likeness (QED) is 0.399. The Bertz CT molecular complexity index is 1260. The number of carbonyl (C=O) groups is 2. The number of nitrogens with zero attached hydrogens (tertiary/aromatic N) is 2. The van der Waals surface area contributed by atoms with Crippen LogP contribution in [0.4, 0.5) is 10.3 Å². The highest BCUT2D eigenvalue weighted by molar-refractivity contribution is 7.20. The molecule has 0 aliphatic rings. The van der Waals surface area contributed by atoms with Crippen molar-refractivity contribution in [2.75, 3.05) is 17.7 Å². The number of anilines is 2. The molecule has 4 rings (SSSR count). The van der Waals surface area contributed by atoms with Crippen LogP contribution in [0.3, 0.4) is 0 Å². The number of carbonyl (C=O) groups excluding carboxylic acids is 2. The average Bonchev–Trinajstić information content (AvgIpc) is 3.40. The van der Waals surface area contributed by atoms with Crippen LogP contribution in [0, 0.1) is 13.8 Å². The molecular weight excluding hydrogens is 444 g/mol. The Morgan fingerprint density at radius 2 is 1.44 bits per heavy atom. The third kappa shape index (κ3) is 4.84. The first-order chi connectivity index (χ1) is 15.4. The summed E-state index contributed by atoms with van der Waals surface area (Å²) in [6.07, 6.45) is 0. The molecule has 0 radical (unpaired) electrons. The predicted octanol–water partition coefficient (Wildman–Crippen LogP) is 5.40. The van der Waals surface area contributed by atoms with Gasteiger partial charge in [0.25, 0.3) is 11.8 Å². The van der Waals surface area contributed by atoms with Crippen LogP contribution in [0.1, 0.15) is 32.0 Å².